The summed E-state index contributed by atoms with van der Waals surface area (Å²) in [5.41, 5.74) is 14.8. The maximum absolute atomic E-state index is 11.0. The van der Waals surface area contributed by atoms with Gasteiger partial charge in [0.1, 0.15) is 16.9 Å². The summed E-state index contributed by atoms with van der Waals surface area (Å²) < 4.78 is 6.21. The number of pyridine rings is 2. The normalized spacial score (nSPS) is 12.1. The Balaban J connectivity index is 1.11. The Hall–Kier alpha value is -6.30. The zero-order valence-electron chi connectivity index (χ0n) is 34.0. The van der Waals surface area contributed by atoms with Gasteiger partial charge in [-0.05, 0) is 124 Å². The van der Waals surface area contributed by atoms with Crippen molar-refractivity contribution in [2.45, 2.75) is 59.3 Å². The van der Waals surface area contributed by atoms with E-state index in [0.29, 0.717) is 5.56 Å². The lowest BCUT2D eigenvalue weighted by Crippen LogP contribution is -2.16. The van der Waals surface area contributed by atoms with Gasteiger partial charge in [0.15, 0.2) is 0 Å². The highest BCUT2D eigenvalue weighted by molar-refractivity contribution is 7.18. The summed E-state index contributed by atoms with van der Waals surface area (Å²) in [7, 11) is 0. The number of fused-ring (bicyclic) bond motifs is 3. The molecule has 0 unspecified atom stereocenters. The quantitative estimate of drug-likeness (QED) is 0.183. The largest absolute Gasteiger partial charge is 0.507 e. The van der Waals surface area contributed by atoms with E-state index in [2.05, 4.69) is 158 Å². The van der Waals surface area contributed by atoms with Gasteiger partial charge < -0.3 is 9.52 Å². The first kappa shape index (κ1) is 37.3. The number of phenolic OH excluding ortho intramolecular Hbond substituents is 1. The fourth-order valence-corrected chi connectivity index (χ4v) is 8.65. The molecular weight excluding hydrogens is 729 g/mol. The summed E-state index contributed by atoms with van der Waals surface area (Å²) in [5, 5.41) is 13.3. The molecule has 4 nitrogen and oxygen atoms in total. The topological polar surface area (TPSA) is 59.2 Å². The smallest absolute Gasteiger partial charge is 0.136 e. The molecule has 9 rings (SSSR count). The number of hydrogen-bond donors (Lipinski definition) is 1. The number of thiophene rings is 1. The third-order valence-electron chi connectivity index (χ3n) is 11.0. The van der Waals surface area contributed by atoms with E-state index in [-0.39, 0.29) is 16.6 Å². The molecule has 0 aliphatic heterocycles. The van der Waals surface area contributed by atoms with E-state index >= 15 is 0 Å². The second-order valence-electron chi connectivity index (χ2n) is 17.4. The highest BCUT2D eigenvalue weighted by atomic mass is 32.1. The third kappa shape index (κ3) is 7.23. The monoisotopic (exact) mass is 774 g/mol. The predicted octanol–water partition coefficient (Wildman–Crippen LogP) is 15.0. The molecule has 5 aromatic carbocycles. The van der Waals surface area contributed by atoms with Crippen molar-refractivity contribution in [3.05, 3.63) is 162 Å². The lowest BCUT2D eigenvalue weighted by molar-refractivity contribution is 0.477. The van der Waals surface area contributed by atoms with Crippen LogP contribution in [0, 0.1) is 6.92 Å². The van der Waals surface area contributed by atoms with E-state index in [4.69, 9.17) is 14.4 Å². The van der Waals surface area contributed by atoms with Gasteiger partial charge in [-0.15, -0.1) is 11.3 Å². The molecule has 0 aliphatic rings. The molecule has 0 atom stereocenters. The van der Waals surface area contributed by atoms with Gasteiger partial charge in [-0.1, -0.05) is 114 Å². The van der Waals surface area contributed by atoms with Gasteiger partial charge >= 0.3 is 0 Å². The van der Waals surface area contributed by atoms with Gasteiger partial charge in [0.2, 0.25) is 0 Å². The molecule has 4 heterocycles. The van der Waals surface area contributed by atoms with Crippen LogP contribution in [0.3, 0.4) is 0 Å². The van der Waals surface area contributed by atoms with Gasteiger partial charge in [0, 0.05) is 42.9 Å². The lowest BCUT2D eigenvalue weighted by Gasteiger charge is -2.26. The summed E-state index contributed by atoms with van der Waals surface area (Å²) in [4.78, 5) is 12.6. The number of aromatic hydroxyl groups is 1. The van der Waals surface area contributed by atoms with Crippen molar-refractivity contribution >= 4 is 33.3 Å². The predicted molar refractivity (Wildman–Crippen MR) is 244 cm³/mol. The van der Waals surface area contributed by atoms with Crippen LogP contribution in [0.1, 0.15) is 58.4 Å². The molecule has 0 radical (unpaired) electrons. The third-order valence-corrected chi connectivity index (χ3v) is 12.1. The highest BCUT2D eigenvalue weighted by Crippen LogP contribution is 2.41. The minimum atomic E-state index is -0.0329. The number of aryl methyl sites for hydroxylation is 1. The van der Waals surface area contributed by atoms with Crippen molar-refractivity contribution in [2.75, 3.05) is 0 Å². The van der Waals surface area contributed by atoms with E-state index in [1.54, 1.807) is 17.4 Å². The molecule has 9 aromatic rings. The second-order valence-corrected chi connectivity index (χ2v) is 18.5. The number of para-hydroxylation sites is 2. The SMILES string of the molecule is Cc1cc(-c2ccc(-c3ccc4c(c3)oc3ccccc34)s2)cc(-c2cccc(-c3cc(-c4cc(C(C)(C)C)cc(C(C)(C)C)c4)cc(-c4ccccc4O)n3)c2)n1. The molecule has 0 spiro atoms. The number of furan rings is 1. The van der Waals surface area contributed by atoms with Crippen molar-refractivity contribution in [3.8, 4) is 71.5 Å². The van der Waals surface area contributed by atoms with Crippen LogP contribution in [-0.4, -0.2) is 15.1 Å². The van der Waals surface area contributed by atoms with Crippen LogP contribution >= 0.6 is 11.3 Å². The molecule has 1 N–H and O–H groups in total. The molecule has 0 saturated carbocycles. The first-order chi connectivity index (χ1) is 27.8. The summed E-state index contributed by atoms with van der Waals surface area (Å²) in [6.45, 7) is 15.6. The van der Waals surface area contributed by atoms with E-state index in [1.807, 2.05) is 30.3 Å². The molecule has 5 heteroatoms. The number of phenols is 1. The maximum atomic E-state index is 11.0. The van der Waals surface area contributed by atoms with E-state index in [0.717, 1.165) is 78.1 Å². The average molecular weight is 775 g/mol. The van der Waals surface area contributed by atoms with Gasteiger partial charge in [-0.25, -0.2) is 4.98 Å². The van der Waals surface area contributed by atoms with Crippen molar-refractivity contribution in [2.24, 2.45) is 0 Å². The van der Waals surface area contributed by atoms with Gasteiger partial charge in [0.25, 0.3) is 0 Å². The molecule has 286 valence electrons. The molecule has 0 fully saturated rings. The molecule has 4 aromatic heterocycles. The Morgan fingerprint density at radius 2 is 1.07 bits per heavy atom. The second kappa shape index (κ2) is 14.3. The van der Waals surface area contributed by atoms with Crippen LogP contribution in [-0.2, 0) is 10.8 Å². The number of aromatic nitrogens is 2. The zero-order chi connectivity index (χ0) is 40.3. The minimum Gasteiger partial charge on any atom is -0.507 e. The Labute approximate surface area is 344 Å². The maximum Gasteiger partial charge on any atom is 0.136 e. The van der Waals surface area contributed by atoms with Crippen molar-refractivity contribution in [1.29, 1.82) is 0 Å². The lowest BCUT2D eigenvalue weighted by atomic mass is 9.79. The molecular formula is C53H46N2O2S. The minimum absolute atomic E-state index is 0.0329. The Morgan fingerprint density at radius 1 is 0.466 bits per heavy atom. The van der Waals surface area contributed by atoms with Crippen molar-refractivity contribution < 1.29 is 9.52 Å². The molecule has 0 aliphatic carbocycles. The molecule has 0 saturated heterocycles. The summed E-state index contributed by atoms with van der Waals surface area (Å²) in [6, 6.07) is 50.6. The highest BCUT2D eigenvalue weighted by Gasteiger charge is 2.22. The summed E-state index contributed by atoms with van der Waals surface area (Å²) in [6.07, 6.45) is 0. The Kier molecular flexibility index (Phi) is 9.17. The number of rotatable bonds is 6. The van der Waals surface area contributed by atoms with Crippen LogP contribution in [0.2, 0.25) is 0 Å². The first-order valence-corrected chi connectivity index (χ1v) is 20.7. The zero-order valence-corrected chi connectivity index (χ0v) is 34.8. The van der Waals surface area contributed by atoms with E-state index in [9.17, 15) is 5.11 Å². The molecule has 58 heavy (non-hydrogen) atoms. The van der Waals surface area contributed by atoms with E-state index < -0.39 is 0 Å². The number of nitrogens with zero attached hydrogens (tertiary/aromatic N) is 2. The van der Waals surface area contributed by atoms with Crippen LogP contribution < -0.4 is 0 Å². The van der Waals surface area contributed by atoms with Gasteiger partial charge in [-0.2, -0.15) is 0 Å². The molecule has 0 amide bonds. The number of hydrogen-bond acceptors (Lipinski definition) is 5. The van der Waals surface area contributed by atoms with E-state index in [1.165, 1.54) is 20.9 Å². The Morgan fingerprint density at radius 3 is 1.79 bits per heavy atom. The van der Waals surface area contributed by atoms with Crippen LogP contribution in [0.15, 0.2) is 150 Å². The fraction of sp³-hybridized carbons (Fsp3) is 0.170. The summed E-state index contributed by atoms with van der Waals surface area (Å²) in [5.74, 6) is 0.203. The Bertz CT molecular complexity index is 2980. The fourth-order valence-electron chi connectivity index (χ4n) is 7.66. The van der Waals surface area contributed by atoms with Crippen molar-refractivity contribution in [3.63, 3.8) is 0 Å². The first-order valence-electron chi connectivity index (χ1n) is 19.9. The average Bonchev–Trinajstić information content (AvgIpc) is 3.85. The summed E-state index contributed by atoms with van der Waals surface area (Å²) >= 11 is 1.77. The number of benzene rings is 5. The van der Waals surface area contributed by atoms with Crippen LogP contribution in [0.25, 0.3) is 87.7 Å². The van der Waals surface area contributed by atoms with Gasteiger partial charge in [-0.3, -0.25) is 4.98 Å². The standard InChI is InChI=1S/C53H46N2O2S/c1-32-23-38(51-22-21-50(58-51)35-19-20-42-41-15-9-11-18-48(41)57-49(42)30-35)29-44(54-32)33-13-12-14-34(24-33)45-27-37(28-46(55-45)43-16-8-10-17-47(43)56)36-25-39(52(2,3)4)31-40(26-36)53(5,6)7/h8-31,56H,1-7H3. The van der Waals surface area contributed by atoms with Gasteiger partial charge in [0.05, 0.1) is 17.1 Å². The van der Waals surface area contributed by atoms with Crippen LogP contribution in [0.4, 0.5) is 0 Å². The van der Waals surface area contributed by atoms with Crippen LogP contribution in [0.5, 0.6) is 5.75 Å². The van der Waals surface area contributed by atoms with Crippen molar-refractivity contribution in [1.82, 2.24) is 9.97 Å². The molecule has 0 bridgehead atoms.